The first-order valence-electron chi connectivity index (χ1n) is 21.4. The fraction of sp³-hybridized carbons (Fsp3) is 0. The van der Waals surface area contributed by atoms with Crippen LogP contribution >= 0.6 is 11.3 Å². The Balaban J connectivity index is 1.15. The maximum atomic E-state index is 4.44. The number of fused-ring (bicyclic) bond motifs is 10. The number of para-hydroxylation sites is 2. The zero-order chi connectivity index (χ0) is 41.4. The van der Waals surface area contributed by atoms with Gasteiger partial charge in [-0.25, -0.2) is 0 Å². The number of nitrogens with zero attached hydrogens (tertiary/aromatic N) is 3. The van der Waals surface area contributed by atoms with Gasteiger partial charge in [0.15, 0.2) is 0 Å². The van der Waals surface area contributed by atoms with Gasteiger partial charge in [-0.1, -0.05) is 140 Å². The van der Waals surface area contributed by atoms with Gasteiger partial charge in [0, 0.05) is 76.6 Å². The van der Waals surface area contributed by atoms with Crippen LogP contribution in [0.5, 0.6) is 0 Å². The minimum absolute atomic E-state index is 1.11. The van der Waals surface area contributed by atoms with Gasteiger partial charge in [-0.05, 0) is 106 Å². The molecule has 0 bridgehead atoms. The highest BCUT2D eigenvalue weighted by molar-refractivity contribution is 7.26. The van der Waals surface area contributed by atoms with E-state index in [1.807, 2.05) is 29.8 Å². The zero-order valence-corrected chi connectivity index (χ0v) is 34.9. The molecule has 9 aromatic carbocycles. The molecule has 3 nitrogen and oxygen atoms in total. The molecule has 4 heteroatoms. The zero-order valence-electron chi connectivity index (χ0n) is 34.1. The molecule has 0 aliphatic rings. The minimum atomic E-state index is 1.11. The lowest BCUT2D eigenvalue weighted by Gasteiger charge is -2.12. The summed E-state index contributed by atoms with van der Waals surface area (Å²) in [6.07, 6.45) is 3.78. The molecule has 0 saturated carbocycles. The molecule has 4 heterocycles. The Kier molecular flexibility index (Phi) is 8.08. The van der Waals surface area contributed by atoms with E-state index in [4.69, 9.17) is 0 Å². The van der Waals surface area contributed by atoms with Gasteiger partial charge < -0.3 is 9.13 Å². The van der Waals surface area contributed by atoms with Crippen LogP contribution in [-0.4, -0.2) is 14.1 Å². The summed E-state index contributed by atoms with van der Waals surface area (Å²) in [5.41, 5.74) is 16.6. The summed E-state index contributed by atoms with van der Waals surface area (Å²) in [7, 11) is 0. The lowest BCUT2D eigenvalue weighted by molar-refractivity contribution is 1.18. The van der Waals surface area contributed by atoms with Gasteiger partial charge in [-0.15, -0.1) is 11.3 Å². The summed E-state index contributed by atoms with van der Waals surface area (Å²) in [5, 5.41) is 7.47. The number of pyridine rings is 1. The lowest BCUT2D eigenvalue weighted by atomic mass is 9.96. The molecule has 0 amide bonds. The topological polar surface area (TPSA) is 22.8 Å². The number of hydrogen-bond donors (Lipinski definition) is 0. The number of thiophene rings is 1. The Hall–Kier alpha value is -8.05. The summed E-state index contributed by atoms with van der Waals surface area (Å²) in [6, 6.07) is 77.8. The monoisotopic (exact) mass is 819 g/mol. The van der Waals surface area contributed by atoms with E-state index < -0.39 is 0 Å². The van der Waals surface area contributed by atoms with E-state index >= 15 is 0 Å². The number of rotatable bonds is 6. The van der Waals surface area contributed by atoms with Crippen LogP contribution in [-0.2, 0) is 0 Å². The second-order valence-electron chi connectivity index (χ2n) is 16.3. The van der Waals surface area contributed by atoms with Crippen molar-refractivity contribution in [1.29, 1.82) is 0 Å². The average molecular weight is 820 g/mol. The van der Waals surface area contributed by atoms with E-state index in [-0.39, 0.29) is 0 Å². The van der Waals surface area contributed by atoms with E-state index in [0.29, 0.717) is 0 Å². The van der Waals surface area contributed by atoms with Gasteiger partial charge in [-0.2, -0.15) is 0 Å². The Morgan fingerprint density at radius 3 is 1.56 bits per heavy atom. The molecule has 0 radical (unpaired) electrons. The molecule has 13 aromatic rings. The average Bonchev–Trinajstić information content (AvgIpc) is 4.01. The highest BCUT2D eigenvalue weighted by Crippen LogP contribution is 2.49. The maximum Gasteiger partial charge on any atom is 0.0634 e. The van der Waals surface area contributed by atoms with Crippen LogP contribution in [0.3, 0.4) is 0 Å². The highest BCUT2D eigenvalue weighted by atomic mass is 32.1. The smallest absolute Gasteiger partial charge is 0.0634 e. The van der Waals surface area contributed by atoms with E-state index in [9.17, 15) is 0 Å². The predicted molar refractivity (Wildman–Crippen MR) is 268 cm³/mol. The molecule has 0 atom stereocenters. The van der Waals surface area contributed by atoms with Crippen LogP contribution in [0.15, 0.2) is 225 Å². The van der Waals surface area contributed by atoms with Gasteiger partial charge >= 0.3 is 0 Å². The van der Waals surface area contributed by atoms with Gasteiger partial charge in [0.25, 0.3) is 0 Å². The normalized spacial score (nSPS) is 11.8. The van der Waals surface area contributed by atoms with Crippen molar-refractivity contribution in [2.75, 3.05) is 0 Å². The summed E-state index contributed by atoms with van der Waals surface area (Å²) >= 11 is 1.91. The molecular formula is C59H37N3S. The van der Waals surface area contributed by atoms with Gasteiger partial charge in [0.05, 0.1) is 22.1 Å². The summed E-state index contributed by atoms with van der Waals surface area (Å²) < 4.78 is 7.49. The SMILES string of the molecule is c1ccc(-c2ccc3c(c2)sc2c(-c4ccc5c6cc(-c7cccnc7)ccc6n(-c6ccccc6)c5c4)cc4c5cc(-c6ccccc6)ccc5n(-c5ccccc5)c4c23)cc1. The standard InChI is InChI=1S/C59H37N3S/c1-5-14-38(15-6-1)40-25-30-54-51(32-40)52-36-49(59-57(58(52)62(54)46-21-11-4-12-22-46)48-28-23-42(35-56(48)63-59)39-16-7-2-8-17-39)43-24-27-47-50-33-41(44-18-13-31-60-37-44)26-29-53(50)61(55(47)34-43)45-19-9-3-10-20-45/h1-37H. The number of aromatic nitrogens is 3. The first kappa shape index (κ1) is 35.7. The van der Waals surface area contributed by atoms with Crippen molar-refractivity contribution < 1.29 is 0 Å². The van der Waals surface area contributed by atoms with Crippen LogP contribution in [0.1, 0.15) is 0 Å². The minimum Gasteiger partial charge on any atom is -0.309 e. The molecule has 0 spiro atoms. The van der Waals surface area contributed by atoms with E-state index in [1.54, 1.807) is 0 Å². The molecule has 0 aliphatic carbocycles. The second kappa shape index (κ2) is 14.3. The van der Waals surface area contributed by atoms with Gasteiger partial charge in [-0.3, -0.25) is 4.98 Å². The summed E-state index contributed by atoms with van der Waals surface area (Å²) in [6.45, 7) is 0. The molecule has 0 unspecified atom stereocenters. The molecular weight excluding hydrogens is 783 g/mol. The van der Waals surface area contributed by atoms with Crippen LogP contribution in [0.2, 0.25) is 0 Å². The number of benzene rings is 9. The van der Waals surface area contributed by atoms with E-state index in [1.165, 1.54) is 97.2 Å². The fourth-order valence-electron chi connectivity index (χ4n) is 9.88. The molecule has 0 N–H and O–H groups in total. The van der Waals surface area contributed by atoms with Gasteiger partial charge in [0.2, 0.25) is 0 Å². The van der Waals surface area contributed by atoms with Crippen molar-refractivity contribution in [3.8, 4) is 55.9 Å². The van der Waals surface area contributed by atoms with Gasteiger partial charge in [0.1, 0.15) is 0 Å². The highest BCUT2D eigenvalue weighted by Gasteiger charge is 2.23. The predicted octanol–water partition coefficient (Wildman–Crippen LogP) is 16.3. The van der Waals surface area contributed by atoms with E-state index in [2.05, 4.69) is 220 Å². The van der Waals surface area contributed by atoms with Crippen LogP contribution in [0, 0.1) is 0 Å². The molecule has 0 saturated heterocycles. The van der Waals surface area contributed by atoms with Crippen molar-refractivity contribution in [2.24, 2.45) is 0 Å². The molecule has 63 heavy (non-hydrogen) atoms. The summed E-state index contributed by atoms with van der Waals surface area (Å²) in [4.78, 5) is 4.44. The van der Waals surface area contributed by atoms with Crippen molar-refractivity contribution >= 4 is 75.1 Å². The van der Waals surface area contributed by atoms with Crippen molar-refractivity contribution in [2.45, 2.75) is 0 Å². The van der Waals surface area contributed by atoms with Crippen LogP contribution < -0.4 is 0 Å². The largest absolute Gasteiger partial charge is 0.309 e. The Morgan fingerprint density at radius 1 is 0.349 bits per heavy atom. The summed E-state index contributed by atoms with van der Waals surface area (Å²) in [5.74, 6) is 0. The molecule has 4 aromatic heterocycles. The first-order valence-corrected chi connectivity index (χ1v) is 22.2. The molecule has 13 rings (SSSR count). The third-order valence-electron chi connectivity index (χ3n) is 12.8. The third kappa shape index (κ3) is 5.69. The van der Waals surface area contributed by atoms with Crippen molar-refractivity contribution in [1.82, 2.24) is 14.1 Å². The fourth-order valence-corrected chi connectivity index (χ4v) is 11.2. The lowest BCUT2D eigenvalue weighted by Crippen LogP contribution is -1.94. The third-order valence-corrected chi connectivity index (χ3v) is 14.0. The molecule has 294 valence electrons. The molecule has 0 aliphatic heterocycles. The quantitative estimate of drug-likeness (QED) is 0.164. The second-order valence-corrected chi connectivity index (χ2v) is 17.4. The van der Waals surface area contributed by atoms with E-state index in [0.717, 1.165) is 22.5 Å². The van der Waals surface area contributed by atoms with Crippen molar-refractivity contribution in [3.63, 3.8) is 0 Å². The number of hydrogen-bond acceptors (Lipinski definition) is 2. The Bertz CT molecular complexity index is 3870. The molecule has 0 fully saturated rings. The van der Waals surface area contributed by atoms with Crippen LogP contribution in [0.4, 0.5) is 0 Å². The first-order chi connectivity index (χ1) is 31.2. The Morgan fingerprint density at radius 2 is 0.889 bits per heavy atom. The Labute approximate surface area is 368 Å². The maximum absolute atomic E-state index is 4.44. The van der Waals surface area contributed by atoms with Crippen molar-refractivity contribution in [3.05, 3.63) is 225 Å². The van der Waals surface area contributed by atoms with Crippen LogP contribution in [0.25, 0.3) is 120 Å².